The van der Waals surface area contributed by atoms with Crippen molar-refractivity contribution in [2.24, 2.45) is 0 Å². The van der Waals surface area contributed by atoms with Gasteiger partial charge in [-0.3, -0.25) is 0 Å². The van der Waals surface area contributed by atoms with Crippen LogP contribution in [-0.2, 0) is 5.41 Å². The Hall–Kier alpha value is -0.440. The fourth-order valence-corrected chi connectivity index (χ4v) is 1.90. The average Bonchev–Trinajstić information content (AvgIpc) is 2.04. The topological polar surface area (TPSA) is 0 Å². The Labute approximate surface area is 85.1 Å². The summed E-state index contributed by atoms with van der Waals surface area (Å²) < 4.78 is 26.1. The molecule has 0 aromatic heterocycles. The summed E-state index contributed by atoms with van der Waals surface area (Å²) in [6.07, 6.45) is -2.36. The van der Waals surface area contributed by atoms with Gasteiger partial charge in [0, 0.05) is 4.47 Å². The SMILES string of the molecule is CC(C)(c1ccccc1Br)C(F)F. The minimum absolute atomic E-state index is 0.644. The van der Waals surface area contributed by atoms with Crippen molar-refractivity contribution in [2.75, 3.05) is 0 Å². The Morgan fingerprint density at radius 1 is 1.23 bits per heavy atom. The highest BCUT2D eigenvalue weighted by Crippen LogP contribution is 2.34. The van der Waals surface area contributed by atoms with E-state index < -0.39 is 11.8 Å². The second-order valence-corrected chi connectivity index (χ2v) is 4.36. The molecule has 0 aliphatic heterocycles. The largest absolute Gasteiger partial charge is 0.247 e. The Bertz CT molecular complexity index is 295. The van der Waals surface area contributed by atoms with Gasteiger partial charge in [0.25, 0.3) is 0 Å². The summed E-state index contributed by atoms with van der Waals surface area (Å²) >= 11 is 3.27. The summed E-state index contributed by atoms with van der Waals surface area (Å²) in [7, 11) is 0. The first-order chi connectivity index (χ1) is 5.96. The van der Waals surface area contributed by atoms with Crippen LogP contribution in [0.15, 0.2) is 28.7 Å². The molecule has 0 bridgehead atoms. The molecule has 0 radical (unpaired) electrons. The molecule has 1 rings (SSSR count). The Morgan fingerprint density at radius 2 is 1.77 bits per heavy atom. The van der Waals surface area contributed by atoms with E-state index in [1.165, 1.54) is 13.8 Å². The normalized spacial score (nSPS) is 12.2. The minimum atomic E-state index is -2.36. The third kappa shape index (κ3) is 2.08. The molecule has 3 heteroatoms. The monoisotopic (exact) mass is 248 g/mol. The molecule has 1 aromatic rings. The zero-order valence-electron chi connectivity index (χ0n) is 7.52. The molecule has 0 nitrogen and oxygen atoms in total. The van der Waals surface area contributed by atoms with Crippen molar-refractivity contribution in [1.29, 1.82) is 0 Å². The second kappa shape index (κ2) is 3.74. The van der Waals surface area contributed by atoms with Crippen LogP contribution < -0.4 is 0 Å². The fraction of sp³-hybridized carbons (Fsp3) is 0.400. The number of alkyl halides is 2. The molecule has 1 aromatic carbocycles. The van der Waals surface area contributed by atoms with Gasteiger partial charge in [0.15, 0.2) is 0 Å². The molecule has 0 heterocycles. The van der Waals surface area contributed by atoms with Crippen molar-refractivity contribution < 1.29 is 8.78 Å². The minimum Gasteiger partial charge on any atom is -0.210 e. The van der Waals surface area contributed by atoms with Gasteiger partial charge in [0.1, 0.15) is 0 Å². The third-order valence-corrected chi connectivity index (χ3v) is 2.81. The Balaban J connectivity index is 3.14. The molecule has 0 N–H and O–H groups in total. The van der Waals surface area contributed by atoms with E-state index in [2.05, 4.69) is 15.9 Å². The van der Waals surface area contributed by atoms with Gasteiger partial charge in [0.2, 0.25) is 6.43 Å². The molecule has 0 saturated carbocycles. The lowest BCUT2D eigenvalue weighted by atomic mass is 9.85. The van der Waals surface area contributed by atoms with Crippen LogP contribution in [0.4, 0.5) is 8.78 Å². The van der Waals surface area contributed by atoms with Crippen LogP contribution >= 0.6 is 15.9 Å². The zero-order valence-corrected chi connectivity index (χ0v) is 9.11. The van der Waals surface area contributed by atoms with Gasteiger partial charge >= 0.3 is 0 Å². The van der Waals surface area contributed by atoms with E-state index in [1.807, 2.05) is 6.07 Å². The van der Waals surface area contributed by atoms with Crippen LogP contribution in [0, 0.1) is 0 Å². The molecular formula is C10H11BrF2. The summed E-state index contributed by atoms with van der Waals surface area (Å²) in [5.74, 6) is 0. The lowest BCUT2D eigenvalue weighted by Crippen LogP contribution is -2.27. The number of halogens is 3. The van der Waals surface area contributed by atoms with Crippen LogP contribution in [0.25, 0.3) is 0 Å². The van der Waals surface area contributed by atoms with Gasteiger partial charge in [-0.2, -0.15) is 0 Å². The fourth-order valence-electron chi connectivity index (χ4n) is 1.10. The molecule has 0 saturated heterocycles. The first-order valence-corrected chi connectivity index (χ1v) is 4.78. The van der Waals surface area contributed by atoms with E-state index in [-0.39, 0.29) is 0 Å². The Morgan fingerprint density at radius 3 is 2.23 bits per heavy atom. The maximum Gasteiger partial charge on any atom is 0.247 e. The quantitative estimate of drug-likeness (QED) is 0.743. The number of rotatable bonds is 2. The van der Waals surface area contributed by atoms with E-state index in [9.17, 15) is 8.78 Å². The van der Waals surface area contributed by atoms with Crippen LogP contribution in [0.5, 0.6) is 0 Å². The average molecular weight is 249 g/mol. The molecule has 0 aliphatic rings. The molecular weight excluding hydrogens is 238 g/mol. The van der Waals surface area contributed by atoms with Crippen molar-refractivity contribution in [3.8, 4) is 0 Å². The van der Waals surface area contributed by atoms with E-state index in [4.69, 9.17) is 0 Å². The highest BCUT2D eigenvalue weighted by Gasteiger charge is 2.32. The molecule has 0 spiro atoms. The molecule has 0 aliphatic carbocycles. The lowest BCUT2D eigenvalue weighted by Gasteiger charge is -2.25. The predicted molar refractivity (Wildman–Crippen MR) is 53.2 cm³/mol. The summed E-state index contributed by atoms with van der Waals surface area (Å²) in [5.41, 5.74) is -0.454. The van der Waals surface area contributed by atoms with Crippen molar-refractivity contribution in [3.63, 3.8) is 0 Å². The van der Waals surface area contributed by atoms with E-state index in [0.29, 0.717) is 5.56 Å². The van der Waals surface area contributed by atoms with E-state index >= 15 is 0 Å². The molecule has 0 unspecified atom stereocenters. The van der Waals surface area contributed by atoms with Gasteiger partial charge in [-0.15, -0.1) is 0 Å². The van der Waals surface area contributed by atoms with Gasteiger partial charge in [-0.05, 0) is 11.6 Å². The summed E-state index contributed by atoms with van der Waals surface area (Å²) in [5, 5.41) is 0. The van der Waals surface area contributed by atoms with Gasteiger partial charge in [0.05, 0.1) is 5.41 Å². The zero-order chi connectivity index (χ0) is 10.1. The van der Waals surface area contributed by atoms with Crippen molar-refractivity contribution in [2.45, 2.75) is 25.7 Å². The van der Waals surface area contributed by atoms with Gasteiger partial charge < -0.3 is 0 Å². The molecule has 0 atom stereocenters. The first kappa shape index (κ1) is 10.6. The van der Waals surface area contributed by atoms with E-state index in [0.717, 1.165) is 4.47 Å². The maximum atomic E-state index is 12.7. The summed E-state index contributed by atoms with van der Waals surface area (Å²) in [4.78, 5) is 0. The molecule has 0 fully saturated rings. The summed E-state index contributed by atoms with van der Waals surface area (Å²) in [6.45, 7) is 3.08. The van der Waals surface area contributed by atoms with Crippen molar-refractivity contribution in [1.82, 2.24) is 0 Å². The standard InChI is InChI=1S/C10H11BrF2/c1-10(2,9(12)13)7-5-3-4-6-8(7)11/h3-6,9H,1-2H3. The van der Waals surface area contributed by atoms with Gasteiger partial charge in [-0.1, -0.05) is 48.0 Å². The predicted octanol–water partition coefficient (Wildman–Crippen LogP) is 3.99. The van der Waals surface area contributed by atoms with Crippen LogP contribution in [-0.4, -0.2) is 6.43 Å². The Kier molecular flexibility index (Phi) is 3.06. The van der Waals surface area contributed by atoms with Crippen molar-refractivity contribution in [3.05, 3.63) is 34.3 Å². The molecule has 72 valence electrons. The first-order valence-electron chi connectivity index (χ1n) is 3.99. The van der Waals surface area contributed by atoms with Crippen LogP contribution in [0.3, 0.4) is 0 Å². The smallest absolute Gasteiger partial charge is 0.210 e. The third-order valence-electron chi connectivity index (χ3n) is 2.11. The number of hydrogen-bond donors (Lipinski definition) is 0. The second-order valence-electron chi connectivity index (χ2n) is 3.50. The van der Waals surface area contributed by atoms with E-state index in [1.54, 1.807) is 18.2 Å². The van der Waals surface area contributed by atoms with Gasteiger partial charge in [-0.25, -0.2) is 8.78 Å². The number of benzene rings is 1. The highest BCUT2D eigenvalue weighted by atomic mass is 79.9. The van der Waals surface area contributed by atoms with Crippen molar-refractivity contribution >= 4 is 15.9 Å². The molecule has 0 amide bonds. The lowest BCUT2D eigenvalue weighted by molar-refractivity contribution is 0.0690. The molecule has 13 heavy (non-hydrogen) atoms. The van der Waals surface area contributed by atoms with Crippen LogP contribution in [0.2, 0.25) is 0 Å². The van der Waals surface area contributed by atoms with Crippen LogP contribution in [0.1, 0.15) is 19.4 Å². The summed E-state index contributed by atoms with van der Waals surface area (Å²) in [6, 6.07) is 7.08. The number of hydrogen-bond acceptors (Lipinski definition) is 0. The highest BCUT2D eigenvalue weighted by molar-refractivity contribution is 9.10. The maximum absolute atomic E-state index is 12.7.